The number of carbonyl (C=O) groups excluding carboxylic acids is 1. The van der Waals surface area contributed by atoms with Gasteiger partial charge in [-0.15, -0.1) is 0 Å². The summed E-state index contributed by atoms with van der Waals surface area (Å²) in [5, 5.41) is 8.22. The van der Waals surface area contributed by atoms with Gasteiger partial charge in [0.15, 0.2) is 0 Å². The number of rotatable bonds is 4. The highest BCUT2D eigenvalue weighted by Crippen LogP contribution is 2.49. The molecule has 1 saturated carbocycles. The summed E-state index contributed by atoms with van der Waals surface area (Å²) in [6.07, 6.45) is 16.6. The predicted octanol–water partition coefficient (Wildman–Crippen LogP) is 5.14. The summed E-state index contributed by atoms with van der Waals surface area (Å²) < 4.78 is 2.39. The molecule has 1 aliphatic carbocycles. The Morgan fingerprint density at radius 1 is 1.07 bits per heavy atom. The lowest BCUT2D eigenvalue weighted by Gasteiger charge is -2.38. The van der Waals surface area contributed by atoms with Gasteiger partial charge in [-0.25, -0.2) is 0 Å². The van der Waals surface area contributed by atoms with Crippen molar-refractivity contribution in [1.82, 2.24) is 19.7 Å². The van der Waals surface area contributed by atoms with Crippen LogP contribution >= 0.6 is 0 Å². The molecule has 2 saturated heterocycles. The zero-order chi connectivity index (χ0) is 20.1. The van der Waals surface area contributed by atoms with Crippen molar-refractivity contribution < 1.29 is 4.79 Å². The number of nitrogens with zero attached hydrogens (tertiary/aromatic N) is 3. The fourth-order valence-electron chi connectivity index (χ4n) is 6.46. The molecule has 3 fully saturated rings. The van der Waals surface area contributed by atoms with E-state index in [1.807, 2.05) is 12.4 Å². The van der Waals surface area contributed by atoms with Crippen LogP contribution in [0, 0.1) is 5.92 Å². The minimum atomic E-state index is 0.0222. The summed E-state index contributed by atoms with van der Waals surface area (Å²) >= 11 is 0. The number of hydrogen-bond donors (Lipinski definition) is 1. The van der Waals surface area contributed by atoms with E-state index in [4.69, 9.17) is 0 Å². The van der Waals surface area contributed by atoms with Crippen molar-refractivity contribution in [2.24, 2.45) is 5.92 Å². The summed E-state index contributed by atoms with van der Waals surface area (Å²) in [5.41, 5.74) is 3.58. The van der Waals surface area contributed by atoms with Gasteiger partial charge < -0.3 is 9.47 Å². The minimum absolute atomic E-state index is 0.0222. The third-order valence-electron chi connectivity index (χ3n) is 8.02. The highest BCUT2D eigenvalue weighted by atomic mass is 16.2. The van der Waals surface area contributed by atoms with E-state index in [1.54, 1.807) is 0 Å². The Balaban J connectivity index is 1.30. The third-order valence-corrected chi connectivity index (χ3v) is 8.02. The summed E-state index contributed by atoms with van der Waals surface area (Å²) in [5.74, 6) is 0.740. The number of carbonyl (C=O) groups is 1. The second-order valence-corrected chi connectivity index (χ2v) is 9.70. The van der Waals surface area contributed by atoms with Crippen molar-refractivity contribution in [3.63, 3.8) is 0 Å². The highest BCUT2D eigenvalue weighted by Gasteiger charge is 2.54. The molecule has 1 amide bonds. The van der Waals surface area contributed by atoms with Crippen LogP contribution in [0.1, 0.15) is 57.8 Å². The molecule has 5 nitrogen and oxygen atoms in total. The fourth-order valence-corrected chi connectivity index (χ4v) is 6.46. The van der Waals surface area contributed by atoms with Crippen molar-refractivity contribution >= 4 is 16.8 Å². The van der Waals surface area contributed by atoms with Crippen LogP contribution in [0.15, 0.2) is 42.9 Å². The van der Waals surface area contributed by atoms with Crippen LogP contribution in [0.2, 0.25) is 0 Å². The number of H-pyrrole nitrogens is 1. The normalized spacial score (nSPS) is 26.7. The third kappa shape index (κ3) is 2.82. The summed E-state index contributed by atoms with van der Waals surface area (Å²) in [4.78, 5) is 15.9. The predicted molar refractivity (Wildman–Crippen MR) is 118 cm³/mol. The van der Waals surface area contributed by atoms with E-state index in [0.717, 1.165) is 37.8 Å². The van der Waals surface area contributed by atoms with Crippen molar-refractivity contribution in [3.8, 4) is 11.1 Å². The summed E-state index contributed by atoms with van der Waals surface area (Å²) in [7, 11) is 0. The molecule has 2 aliphatic heterocycles. The molecule has 156 valence electrons. The smallest absolute Gasteiger partial charge is 0.226 e. The maximum absolute atomic E-state index is 13.5. The van der Waals surface area contributed by atoms with Crippen LogP contribution < -0.4 is 0 Å². The average Bonchev–Trinajstić information content (AvgIpc) is 3.58. The molecule has 0 atom stereocenters. The molecular formula is C25H30N4O. The zero-order valence-electron chi connectivity index (χ0n) is 17.5. The van der Waals surface area contributed by atoms with E-state index >= 15 is 0 Å². The molecule has 1 aromatic carbocycles. The summed E-state index contributed by atoms with van der Waals surface area (Å²) in [6, 6.07) is 9.34. The van der Waals surface area contributed by atoms with Gasteiger partial charge in [-0.3, -0.25) is 9.89 Å². The van der Waals surface area contributed by atoms with E-state index < -0.39 is 0 Å². The Morgan fingerprint density at radius 2 is 1.90 bits per heavy atom. The lowest BCUT2D eigenvalue weighted by atomic mass is 9.85. The van der Waals surface area contributed by atoms with Gasteiger partial charge in [0, 0.05) is 47.4 Å². The van der Waals surface area contributed by atoms with E-state index in [2.05, 4.69) is 50.1 Å². The Hall–Kier alpha value is -2.56. The molecule has 3 aromatic rings. The second-order valence-electron chi connectivity index (χ2n) is 9.70. The number of aromatic nitrogens is 3. The van der Waals surface area contributed by atoms with Gasteiger partial charge in [-0.1, -0.05) is 25.3 Å². The quantitative estimate of drug-likeness (QED) is 0.657. The highest BCUT2D eigenvalue weighted by molar-refractivity contribution is 5.85. The van der Waals surface area contributed by atoms with Crippen molar-refractivity contribution in [2.45, 2.75) is 75.9 Å². The molecule has 0 radical (unpaired) electrons. The van der Waals surface area contributed by atoms with E-state index in [1.165, 1.54) is 48.6 Å². The van der Waals surface area contributed by atoms with Crippen LogP contribution in [0.5, 0.6) is 0 Å². The maximum atomic E-state index is 13.5. The number of benzene rings is 1. The van der Waals surface area contributed by atoms with Crippen LogP contribution in [0.3, 0.4) is 0 Å². The Labute approximate surface area is 177 Å². The molecule has 0 spiro atoms. The Morgan fingerprint density at radius 3 is 2.67 bits per heavy atom. The number of hydrogen-bond acceptors (Lipinski definition) is 2. The molecule has 2 bridgehead atoms. The number of fused-ring (bicyclic) bond motifs is 3. The maximum Gasteiger partial charge on any atom is 0.226 e. The largest absolute Gasteiger partial charge is 0.345 e. The first-order chi connectivity index (χ1) is 14.7. The molecule has 2 aromatic heterocycles. The van der Waals surface area contributed by atoms with Gasteiger partial charge in [0.05, 0.1) is 11.7 Å². The van der Waals surface area contributed by atoms with Gasteiger partial charge in [-0.05, 0) is 62.3 Å². The number of nitrogens with one attached hydrogen (secondary N) is 1. The standard InChI is InChI=1S/C25H30N4O/c30-24(18-4-2-1-3-5-18)29-22-8-11-25(29,12-9-22)17-28-13-10-20-14-19(6-7-23(20)28)21-15-26-27-16-21/h6-7,10,13-16,18,22H,1-5,8-9,11-12,17H2,(H,26,27). The number of aromatic amines is 1. The summed E-state index contributed by atoms with van der Waals surface area (Å²) in [6.45, 7) is 0.927. The average molecular weight is 403 g/mol. The molecule has 30 heavy (non-hydrogen) atoms. The van der Waals surface area contributed by atoms with Gasteiger partial charge in [0.2, 0.25) is 5.91 Å². The lowest BCUT2D eigenvalue weighted by Crippen LogP contribution is -2.50. The zero-order valence-corrected chi connectivity index (χ0v) is 17.5. The van der Waals surface area contributed by atoms with Gasteiger partial charge in [-0.2, -0.15) is 5.10 Å². The van der Waals surface area contributed by atoms with Crippen molar-refractivity contribution in [3.05, 3.63) is 42.9 Å². The van der Waals surface area contributed by atoms with Crippen LogP contribution in [-0.4, -0.2) is 37.2 Å². The SMILES string of the molecule is O=C(C1CCCCC1)N1C2CCC1(Cn1ccc3cc(-c4cn[nH]c4)ccc31)CC2. The molecule has 5 heteroatoms. The lowest BCUT2D eigenvalue weighted by molar-refractivity contribution is -0.141. The molecule has 3 aliphatic rings. The van der Waals surface area contributed by atoms with E-state index in [9.17, 15) is 4.79 Å². The molecule has 6 rings (SSSR count). The first-order valence-corrected chi connectivity index (χ1v) is 11.6. The van der Waals surface area contributed by atoms with Gasteiger partial charge >= 0.3 is 0 Å². The molecule has 1 N–H and O–H groups in total. The molecule has 0 unspecified atom stereocenters. The fraction of sp³-hybridized carbons (Fsp3) is 0.520. The minimum Gasteiger partial charge on any atom is -0.345 e. The topological polar surface area (TPSA) is 53.9 Å². The van der Waals surface area contributed by atoms with Crippen molar-refractivity contribution in [2.75, 3.05) is 0 Å². The monoisotopic (exact) mass is 402 g/mol. The molecular weight excluding hydrogens is 372 g/mol. The van der Waals surface area contributed by atoms with Gasteiger partial charge in [0.1, 0.15) is 0 Å². The van der Waals surface area contributed by atoms with E-state index in [-0.39, 0.29) is 11.5 Å². The van der Waals surface area contributed by atoms with Crippen LogP contribution in [-0.2, 0) is 11.3 Å². The second kappa shape index (κ2) is 7.00. The van der Waals surface area contributed by atoms with Crippen LogP contribution in [0.25, 0.3) is 22.0 Å². The first-order valence-electron chi connectivity index (χ1n) is 11.6. The number of amides is 1. The Bertz CT molecular complexity index is 1050. The van der Waals surface area contributed by atoms with Crippen LogP contribution in [0.4, 0.5) is 0 Å². The first kappa shape index (κ1) is 18.2. The van der Waals surface area contributed by atoms with Crippen molar-refractivity contribution in [1.29, 1.82) is 0 Å². The van der Waals surface area contributed by atoms with Gasteiger partial charge in [0.25, 0.3) is 0 Å². The Kier molecular flexibility index (Phi) is 4.25. The van der Waals surface area contributed by atoms with E-state index in [0.29, 0.717) is 11.9 Å². The molecule has 4 heterocycles.